The molecule has 1 aromatic heterocycles. The van der Waals surface area contributed by atoms with Gasteiger partial charge in [0.05, 0.1) is 49.1 Å². The summed E-state index contributed by atoms with van der Waals surface area (Å²) in [5.41, 5.74) is 1.43. The maximum atomic E-state index is 15.1. The first-order valence-electron chi connectivity index (χ1n) is 10.1. The second kappa shape index (κ2) is 7.35. The van der Waals surface area contributed by atoms with Crippen LogP contribution >= 0.6 is 0 Å². The number of benzene rings is 2. The first-order chi connectivity index (χ1) is 15.3. The molecule has 10 heteroatoms. The topological polar surface area (TPSA) is 106 Å². The number of halogens is 1. The summed E-state index contributed by atoms with van der Waals surface area (Å²) in [6.07, 6.45) is 0. The zero-order valence-electron chi connectivity index (χ0n) is 17.6. The zero-order chi connectivity index (χ0) is 22.6. The number of amides is 1. The van der Waals surface area contributed by atoms with Crippen molar-refractivity contribution in [2.75, 3.05) is 45.0 Å². The number of hydrogen-bond acceptors (Lipinski definition) is 7. The van der Waals surface area contributed by atoms with Gasteiger partial charge in [0.25, 0.3) is 5.91 Å². The first kappa shape index (κ1) is 20.5. The first-order valence-corrected chi connectivity index (χ1v) is 10.1. The predicted octanol–water partition coefficient (Wildman–Crippen LogP) is 2.37. The van der Waals surface area contributed by atoms with E-state index in [1.165, 1.54) is 13.2 Å². The third kappa shape index (κ3) is 2.98. The highest BCUT2D eigenvalue weighted by Gasteiger charge is 2.39. The van der Waals surface area contributed by atoms with E-state index >= 15 is 4.39 Å². The Labute approximate surface area is 182 Å². The molecule has 32 heavy (non-hydrogen) atoms. The van der Waals surface area contributed by atoms with Crippen molar-refractivity contribution in [2.24, 2.45) is 0 Å². The van der Waals surface area contributed by atoms with E-state index in [0.29, 0.717) is 37.6 Å². The smallest absolute Gasteiger partial charge is 0.253 e. The van der Waals surface area contributed by atoms with Crippen LogP contribution in [0.3, 0.4) is 0 Å². The minimum Gasteiger partial charge on any atom is -0.502 e. The van der Waals surface area contributed by atoms with Crippen molar-refractivity contribution < 1.29 is 33.6 Å². The van der Waals surface area contributed by atoms with Crippen LogP contribution in [0.1, 0.15) is 6.92 Å². The Morgan fingerprint density at radius 2 is 1.97 bits per heavy atom. The SMILES string of the molecule is COc1cc(-c2nc3cc(N4CCOCC4=O)ccc3n2C2(C)COC2)c(F)c(O)c1O. The number of anilines is 1. The van der Waals surface area contributed by atoms with Crippen LogP contribution in [0.2, 0.25) is 0 Å². The molecule has 0 saturated carbocycles. The number of phenols is 2. The van der Waals surface area contributed by atoms with Crippen LogP contribution < -0.4 is 9.64 Å². The Bertz CT molecular complexity index is 1240. The van der Waals surface area contributed by atoms with Gasteiger partial charge in [-0.05, 0) is 31.2 Å². The maximum absolute atomic E-state index is 15.1. The van der Waals surface area contributed by atoms with Gasteiger partial charge in [-0.2, -0.15) is 0 Å². The van der Waals surface area contributed by atoms with E-state index in [0.717, 1.165) is 5.52 Å². The van der Waals surface area contributed by atoms with Crippen molar-refractivity contribution in [3.8, 4) is 28.6 Å². The lowest BCUT2D eigenvalue weighted by Crippen LogP contribution is -2.49. The number of ether oxygens (including phenoxy) is 3. The largest absolute Gasteiger partial charge is 0.502 e. The number of morpholine rings is 1. The molecule has 1 amide bonds. The number of aromatic nitrogens is 2. The number of imidazole rings is 1. The highest BCUT2D eigenvalue weighted by Crippen LogP contribution is 2.45. The Morgan fingerprint density at radius 3 is 2.62 bits per heavy atom. The Balaban J connectivity index is 1.73. The Hall–Kier alpha value is -3.37. The fourth-order valence-corrected chi connectivity index (χ4v) is 4.21. The molecule has 2 N–H and O–H groups in total. The van der Waals surface area contributed by atoms with E-state index in [1.807, 2.05) is 23.6 Å². The summed E-state index contributed by atoms with van der Waals surface area (Å²) in [4.78, 5) is 18.6. The quantitative estimate of drug-likeness (QED) is 0.597. The van der Waals surface area contributed by atoms with Crippen LogP contribution in [-0.4, -0.2) is 65.8 Å². The van der Waals surface area contributed by atoms with E-state index in [9.17, 15) is 15.0 Å². The summed E-state index contributed by atoms with van der Waals surface area (Å²) in [6, 6.07) is 6.73. The van der Waals surface area contributed by atoms with E-state index < -0.39 is 22.9 Å². The molecule has 3 heterocycles. The van der Waals surface area contributed by atoms with Crippen molar-refractivity contribution >= 4 is 22.6 Å². The summed E-state index contributed by atoms with van der Waals surface area (Å²) in [5, 5.41) is 20.1. The van der Waals surface area contributed by atoms with Crippen LogP contribution in [0.4, 0.5) is 10.1 Å². The predicted molar refractivity (Wildman–Crippen MR) is 113 cm³/mol. The molecule has 0 unspecified atom stereocenters. The summed E-state index contributed by atoms with van der Waals surface area (Å²) < 4.78 is 32.7. The summed E-state index contributed by atoms with van der Waals surface area (Å²) in [6.45, 7) is 3.66. The normalized spacial score (nSPS) is 18.1. The molecule has 2 aliphatic heterocycles. The second-order valence-corrected chi connectivity index (χ2v) is 8.17. The van der Waals surface area contributed by atoms with Gasteiger partial charge < -0.3 is 33.9 Å². The highest BCUT2D eigenvalue weighted by atomic mass is 19.1. The van der Waals surface area contributed by atoms with Gasteiger partial charge in [0.2, 0.25) is 5.75 Å². The molecule has 0 atom stereocenters. The van der Waals surface area contributed by atoms with E-state index in [1.54, 1.807) is 11.0 Å². The molecule has 2 saturated heterocycles. The summed E-state index contributed by atoms with van der Waals surface area (Å²) in [5.74, 6) is -2.56. The van der Waals surface area contributed by atoms with Crippen LogP contribution in [0.15, 0.2) is 24.3 Å². The average Bonchev–Trinajstić information content (AvgIpc) is 3.15. The number of phenolic OH excluding ortho intramolecular Hbond substituents is 2. The third-order valence-electron chi connectivity index (χ3n) is 5.94. The molecule has 2 fully saturated rings. The van der Waals surface area contributed by atoms with Crippen molar-refractivity contribution in [1.29, 1.82) is 0 Å². The molecule has 2 aromatic carbocycles. The number of carbonyl (C=O) groups is 1. The minimum atomic E-state index is -1.01. The van der Waals surface area contributed by atoms with Gasteiger partial charge in [-0.15, -0.1) is 0 Å². The maximum Gasteiger partial charge on any atom is 0.253 e. The molecular weight excluding hydrogens is 421 g/mol. The lowest BCUT2D eigenvalue weighted by atomic mass is 9.98. The molecule has 3 aromatic rings. The van der Waals surface area contributed by atoms with Crippen molar-refractivity contribution in [1.82, 2.24) is 9.55 Å². The van der Waals surface area contributed by atoms with Gasteiger partial charge in [0, 0.05) is 12.2 Å². The average molecular weight is 443 g/mol. The van der Waals surface area contributed by atoms with Gasteiger partial charge in [-0.25, -0.2) is 9.37 Å². The van der Waals surface area contributed by atoms with Gasteiger partial charge in [0.1, 0.15) is 12.4 Å². The Kier molecular flexibility index (Phi) is 4.72. The molecule has 0 aliphatic carbocycles. The summed E-state index contributed by atoms with van der Waals surface area (Å²) in [7, 11) is 1.31. The van der Waals surface area contributed by atoms with Crippen LogP contribution in [-0.2, 0) is 19.8 Å². The fourth-order valence-electron chi connectivity index (χ4n) is 4.21. The number of fused-ring (bicyclic) bond motifs is 1. The van der Waals surface area contributed by atoms with Crippen molar-refractivity contribution in [3.05, 3.63) is 30.1 Å². The standard InChI is InChI=1S/C22H22FN3O6/c1-22(10-32-11-22)26-15-4-3-12(25-5-6-31-9-17(25)27)7-14(15)24-21(26)13-8-16(30-2)19(28)20(29)18(13)23/h3-4,7-8,28-29H,5-6,9-11H2,1-2H3. The van der Waals surface area contributed by atoms with Crippen molar-refractivity contribution in [3.63, 3.8) is 0 Å². The van der Waals surface area contributed by atoms with Gasteiger partial charge in [-0.1, -0.05) is 0 Å². The number of methoxy groups -OCH3 is 1. The highest BCUT2D eigenvalue weighted by molar-refractivity contribution is 5.97. The molecular formula is C22H22FN3O6. The number of hydrogen-bond donors (Lipinski definition) is 2. The van der Waals surface area contributed by atoms with Gasteiger partial charge in [0.15, 0.2) is 17.3 Å². The van der Waals surface area contributed by atoms with Crippen molar-refractivity contribution in [2.45, 2.75) is 12.5 Å². The minimum absolute atomic E-state index is 0.0188. The van der Waals surface area contributed by atoms with E-state index in [2.05, 4.69) is 4.98 Å². The molecule has 2 aliphatic rings. The molecule has 0 spiro atoms. The number of nitrogens with zero attached hydrogens (tertiary/aromatic N) is 3. The van der Waals surface area contributed by atoms with Gasteiger partial charge >= 0.3 is 0 Å². The lowest BCUT2D eigenvalue weighted by molar-refractivity contribution is -0.125. The zero-order valence-corrected chi connectivity index (χ0v) is 17.6. The van der Waals surface area contributed by atoms with E-state index in [-0.39, 0.29) is 29.7 Å². The molecule has 168 valence electrons. The van der Waals surface area contributed by atoms with Gasteiger partial charge in [-0.3, -0.25) is 4.79 Å². The molecule has 5 rings (SSSR count). The van der Waals surface area contributed by atoms with Crippen LogP contribution in [0.5, 0.6) is 17.2 Å². The van der Waals surface area contributed by atoms with Crippen LogP contribution in [0.25, 0.3) is 22.4 Å². The lowest BCUT2D eigenvalue weighted by Gasteiger charge is -2.40. The summed E-state index contributed by atoms with van der Waals surface area (Å²) >= 11 is 0. The fraction of sp³-hybridized carbons (Fsp3) is 0.364. The Morgan fingerprint density at radius 1 is 1.19 bits per heavy atom. The number of aromatic hydroxyl groups is 2. The second-order valence-electron chi connectivity index (χ2n) is 8.17. The van der Waals surface area contributed by atoms with Crippen LogP contribution in [0, 0.1) is 5.82 Å². The molecule has 9 nitrogen and oxygen atoms in total. The third-order valence-corrected chi connectivity index (χ3v) is 5.94. The number of carbonyl (C=O) groups excluding carboxylic acids is 1. The molecule has 0 radical (unpaired) electrons. The monoisotopic (exact) mass is 443 g/mol. The van der Waals surface area contributed by atoms with E-state index in [4.69, 9.17) is 14.2 Å². The molecule has 0 bridgehead atoms. The number of rotatable bonds is 4.